The summed E-state index contributed by atoms with van der Waals surface area (Å²) in [6, 6.07) is 16.6. The average Bonchev–Trinajstić information content (AvgIpc) is 3.19. The zero-order chi connectivity index (χ0) is 24.1. The van der Waals surface area contributed by atoms with Crippen molar-refractivity contribution in [2.45, 2.75) is 25.2 Å². The number of nitrogens with one attached hydrogen (secondary N) is 1. The largest absolute Gasteiger partial charge is 0.481 e. The van der Waals surface area contributed by atoms with E-state index in [1.807, 2.05) is 29.2 Å². The van der Waals surface area contributed by atoms with Crippen molar-refractivity contribution in [3.63, 3.8) is 0 Å². The minimum absolute atomic E-state index is 0.0506. The third-order valence-electron chi connectivity index (χ3n) is 8.51. The molecule has 1 aliphatic heterocycles. The van der Waals surface area contributed by atoms with Crippen LogP contribution in [0.4, 0.5) is 4.79 Å². The molecular weight excluding hydrogens is 444 g/mol. The van der Waals surface area contributed by atoms with Gasteiger partial charge in [0.1, 0.15) is 6.61 Å². The molecular formula is C28H30N2O5. The van der Waals surface area contributed by atoms with Crippen LogP contribution >= 0.6 is 0 Å². The Balaban J connectivity index is 0.913. The van der Waals surface area contributed by atoms with E-state index in [2.05, 4.69) is 29.6 Å². The van der Waals surface area contributed by atoms with Crippen LogP contribution in [-0.2, 0) is 14.3 Å². The summed E-state index contributed by atoms with van der Waals surface area (Å²) in [7, 11) is 0. The number of carboxylic acids is 1. The first kappa shape index (κ1) is 22.1. The van der Waals surface area contributed by atoms with Gasteiger partial charge in [-0.1, -0.05) is 48.5 Å². The lowest BCUT2D eigenvalue weighted by Crippen LogP contribution is -2.40. The number of fused-ring (bicyclic) bond motifs is 4. The van der Waals surface area contributed by atoms with Crippen LogP contribution in [0.3, 0.4) is 0 Å². The molecule has 0 radical (unpaired) electrons. The molecule has 0 aromatic heterocycles. The number of piperidine rings is 1. The number of carboxylic acid groups (broad SMARTS) is 1. The van der Waals surface area contributed by atoms with Crippen LogP contribution in [0.5, 0.6) is 0 Å². The van der Waals surface area contributed by atoms with E-state index in [-0.39, 0.29) is 29.6 Å². The molecule has 7 nitrogen and oxygen atoms in total. The lowest BCUT2D eigenvalue weighted by molar-refractivity contribution is -0.141. The standard InChI is InChI=1S/C28H30N2O5/c31-25(30-13-22-23(14-30)26(22)27(32)33)11-16-9-17(10-16)12-29-28(34)35-15-24-20-7-3-1-5-18(20)19-6-2-4-8-21(19)24/h1-8,16-17,22-24,26H,9-15H2,(H,29,34)(H,32,33). The first-order valence-electron chi connectivity index (χ1n) is 12.6. The van der Waals surface area contributed by atoms with Gasteiger partial charge in [0.2, 0.25) is 5.91 Å². The second kappa shape index (κ2) is 8.70. The molecule has 2 atom stereocenters. The number of rotatable bonds is 7. The van der Waals surface area contributed by atoms with Crippen molar-refractivity contribution in [1.29, 1.82) is 0 Å². The number of carbonyl (C=O) groups is 3. The molecule has 7 heteroatoms. The second-order valence-corrected chi connectivity index (χ2v) is 10.6. The first-order valence-corrected chi connectivity index (χ1v) is 12.6. The molecule has 1 heterocycles. The summed E-state index contributed by atoms with van der Waals surface area (Å²) in [5.41, 5.74) is 4.81. The maximum absolute atomic E-state index is 12.5. The Morgan fingerprint density at radius 1 is 0.914 bits per heavy atom. The highest BCUT2D eigenvalue weighted by atomic mass is 16.5. The Morgan fingerprint density at radius 2 is 1.51 bits per heavy atom. The van der Waals surface area contributed by atoms with Gasteiger partial charge in [0.25, 0.3) is 0 Å². The quantitative estimate of drug-likeness (QED) is 0.638. The summed E-state index contributed by atoms with van der Waals surface area (Å²) >= 11 is 0. The van der Waals surface area contributed by atoms with Gasteiger partial charge in [0.05, 0.1) is 5.92 Å². The third-order valence-corrected chi connectivity index (χ3v) is 8.51. The molecule has 2 amide bonds. The number of benzene rings is 2. The molecule has 0 bridgehead atoms. The minimum atomic E-state index is -0.724. The molecule has 1 saturated heterocycles. The molecule has 2 N–H and O–H groups in total. The van der Waals surface area contributed by atoms with Crippen molar-refractivity contribution in [1.82, 2.24) is 10.2 Å². The summed E-state index contributed by atoms with van der Waals surface area (Å²) in [4.78, 5) is 37.9. The molecule has 182 valence electrons. The fourth-order valence-corrected chi connectivity index (χ4v) is 6.56. The van der Waals surface area contributed by atoms with Crippen LogP contribution in [0.2, 0.25) is 0 Å². The van der Waals surface area contributed by atoms with E-state index in [0.717, 1.165) is 12.8 Å². The van der Waals surface area contributed by atoms with Gasteiger partial charge in [-0.15, -0.1) is 0 Å². The van der Waals surface area contributed by atoms with Crippen LogP contribution in [0.1, 0.15) is 36.3 Å². The van der Waals surface area contributed by atoms with Crippen LogP contribution in [-0.4, -0.2) is 54.2 Å². The summed E-state index contributed by atoms with van der Waals surface area (Å²) in [6.07, 6.45) is 1.98. The smallest absolute Gasteiger partial charge is 0.407 e. The van der Waals surface area contributed by atoms with E-state index in [1.54, 1.807) is 0 Å². The number of carbonyl (C=O) groups excluding carboxylic acids is 2. The lowest BCUT2D eigenvalue weighted by Gasteiger charge is -2.36. The van der Waals surface area contributed by atoms with Gasteiger partial charge >= 0.3 is 12.1 Å². The van der Waals surface area contributed by atoms with E-state index in [4.69, 9.17) is 9.84 Å². The van der Waals surface area contributed by atoms with Gasteiger partial charge in [-0.25, -0.2) is 4.79 Å². The number of ether oxygens (including phenoxy) is 1. The van der Waals surface area contributed by atoms with Gasteiger partial charge in [0.15, 0.2) is 0 Å². The summed E-state index contributed by atoms with van der Waals surface area (Å²) in [6.45, 7) is 2.07. The highest BCUT2D eigenvalue weighted by molar-refractivity contribution is 5.80. The number of hydrogen-bond acceptors (Lipinski definition) is 4. The number of alkyl carbamates (subject to hydrolysis) is 1. The highest BCUT2D eigenvalue weighted by Gasteiger charge is 2.60. The lowest BCUT2D eigenvalue weighted by atomic mass is 9.73. The monoisotopic (exact) mass is 474 g/mol. The van der Waals surface area contributed by atoms with E-state index in [9.17, 15) is 14.4 Å². The minimum Gasteiger partial charge on any atom is -0.481 e. The van der Waals surface area contributed by atoms with E-state index < -0.39 is 12.1 Å². The predicted molar refractivity (Wildman–Crippen MR) is 129 cm³/mol. The van der Waals surface area contributed by atoms with Crippen molar-refractivity contribution < 1.29 is 24.2 Å². The van der Waals surface area contributed by atoms with Crippen molar-refractivity contribution in [3.8, 4) is 11.1 Å². The zero-order valence-corrected chi connectivity index (χ0v) is 19.6. The molecule has 3 fully saturated rings. The van der Waals surface area contributed by atoms with E-state index in [0.29, 0.717) is 44.5 Å². The fourth-order valence-electron chi connectivity index (χ4n) is 6.56. The number of hydrogen-bond donors (Lipinski definition) is 2. The fraction of sp³-hybridized carbons (Fsp3) is 0.464. The number of aliphatic carboxylic acids is 1. The Labute approximate surface area is 204 Å². The zero-order valence-electron chi connectivity index (χ0n) is 19.6. The van der Waals surface area contributed by atoms with Gasteiger partial charge < -0.3 is 20.1 Å². The maximum atomic E-state index is 12.5. The van der Waals surface area contributed by atoms with E-state index in [1.165, 1.54) is 22.3 Å². The van der Waals surface area contributed by atoms with Crippen molar-refractivity contribution in [2.75, 3.05) is 26.2 Å². The second-order valence-electron chi connectivity index (χ2n) is 10.6. The number of likely N-dealkylation sites (tertiary alicyclic amines) is 1. The Morgan fingerprint density at radius 3 is 2.11 bits per heavy atom. The Hall–Kier alpha value is -3.35. The molecule has 0 spiro atoms. The van der Waals surface area contributed by atoms with Gasteiger partial charge in [-0.05, 0) is 58.8 Å². The summed E-state index contributed by atoms with van der Waals surface area (Å²) in [5, 5.41) is 12.0. The Bertz CT molecular complexity index is 1120. The van der Waals surface area contributed by atoms with Crippen LogP contribution in [0.15, 0.2) is 48.5 Å². The van der Waals surface area contributed by atoms with Crippen molar-refractivity contribution >= 4 is 18.0 Å². The average molecular weight is 475 g/mol. The third kappa shape index (κ3) is 4.07. The van der Waals surface area contributed by atoms with E-state index >= 15 is 0 Å². The van der Waals surface area contributed by atoms with Crippen molar-refractivity contribution in [3.05, 3.63) is 59.7 Å². The summed E-state index contributed by atoms with van der Waals surface area (Å²) < 4.78 is 5.60. The summed E-state index contributed by atoms with van der Waals surface area (Å²) in [5.74, 6) is 0.275. The van der Waals surface area contributed by atoms with Crippen LogP contribution in [0.25, 0.3) is 11.1 Å². The predicted octanol–water partition coefficient (Wildman–Crippen LogP) is 3.73. The van der Waals surface area contributed by atoms with Crippen LogP contribution in [0, 0.1) is 29.6 Å². The van der Waals surface area contributed by atoms with Crippen molar-refractivity contribution in [2.24, 2.45) is 29.6 Å². The normalized spacial score (nSPS) is 27.9. The molecule has 6 rings (SSSR count). The molecule has 35 heavy (non-hydrogen) atoms. The molecule has 4 aliphatic rings. The molecule has 2 aromatic carbocycles. The molecule has 2 saturated carbocycles. The van der Waals surface area contributed by atoms with Crippen LogP contribution < -0.4 is 5.32 Å². The topological polar surface area (TPSA) is 95.9 Å². The molecule has 2 unspecified atom stereocenters. The number of nitrogens with zero attached hydrogens (tertiary/aromatic N) is 1. The Kier molecular flexibility index (Phi) is 5.50. The molecule has 3 aliphatic carbocycles. The van der Waals surface area contributed by atoms with Gasteiger partial charge in [-0.3, -0.25) is 9.59 Å². The SMILES string of the molecule is O=C(NCC1CC(CC(=O)N2CC3C(C2)C3C(=O)O)C1)OCC1c2ccccc2-c2ccccc21. The van der Waals surface area contributed by atoms with Gasteiger partial charge in [0, 0.05) is 32.0 Å². The van der Waals surface area contributed by atoms with Gasteiger partial charge in [-0.2, -0.15) is 0 Å². The number of amides is 2. The maximum Gasteiger partial charge on any atom is 0.407 e. The molecule has 2 aromatic rings. The first-order chi connectivity index (χ1) is 17.0. The highest BCUT2D eigenvalue weighted by Crippen LogP contribution is 2.52.